The van der Waals surface area contributed by atoms with E-state index in [1.165, 1.54) is 19.2 Å². The molecule has 0 amide bonds. The van der Waals surface area contributed by atoms with E-state index in [0.29, 0.717) is 10.1 Å². The Balaban J connectivity index is 1.74. The average Bonchev–Trinajstić information content (AvgIpc) is 3.35. The van der Waals surface area contributed by atoms with Gasteiger partial charge in [-0.1, -0.05) is 58.6 Å². The van der Waals surface area contributed by atoms with Crippen molar-refractivity contribution in [3.05, 3.63) is 57.6 Å². The maximum atomic E-state index is 12.8. The Labute approximate surface area is 189 Å². The Bertz CT molecular complexity index is 1070. The Morgan fingerprint density at radius 3 is 2.30 bits per heavy atom. The maximum Gasteiger partial charge on any atom is 0.341 e. The van der Waals surface area contributed by atoms with Crippen molar-refractivity contribution in [1.82, 2.24) is 0 Å². The second-order valence-corrected chi connectivity index (χ2v) is 11.4. The number of halogens is 5. The fourth-order valence-electron chi connectivity index (χ4n) is 4.22. The quantitative estimate of drug-likeness (QED) is 0.440. The first-order chi connectivity index (χ1) is 14.0. The molecule has 0 bridgehead atoms. The lowest BCUT2D eigenvalue weighted by molar-refractivity contribution is 0.137. The van der Waals surface area contributed by atoms with E-state index in [1.54, 1.807) is 24.3 Å². The van der Waals surface area contributed by atoms with E-state index in [2.05, 4.69) is 0 Å². The molecule has 1 aromatic rings. The highest BCUT2D eigenvalue weighted by Gasteiger charge is 2.50. The summed E-state index contributed by atoms with van der Waals surface area (Å²) in [6.07, 6.45) is 7.24. The van der Waals surface area contributed by atoms with Gasteiger partial charge in [0.25, 0.3) is 0 Å². The number of hydrogen-bond acceptors (Lipinski definition) is 3. The molecule has 1 saturated carbocycles. The molecule has 1 aromatic carbocycles. The minimum Gasteiger partial charge on any atom is -0.354 e. The minimum atomic E-state index is -4.63. The highest BCUT2D eigenvalue weighted by molar-refractivity contribution is 7.91. The first kappa shape index (κ1) is 22.3. The van der Waals surface area contributed by atoms with Gasteiger partial charge in [-0.15, -0.1) is 0 Å². The lowest BCUT2D eigenvalue weighted by Crippen LogP contribution is -2.26. The number of methoxy groups -OCH3 is 1. The van der Waals surface area contributed by atoms with E-state index in [-0.39, 0.29) is 11.3 Å². The van der Waals surface area contributed by atoms with Crippen molar-refractivity contribution in [2.45, 2.75) is 41.4 Å². The maximum absolute atomic E-state index is 12.8. The Hall–Kier alpha value is -0.920. The van der Waals surface area contributed by atoms with Crippen LogP contribution in [0.3, 0.4) is 0 Å². The summed E-state index contributed by atoms with van der Waals surface area (Å²) in [5, 5.41) is -0.474. The van der Waals surface area contributed by atoms with Crippen LogP contribution in [-0.4, -0.2) is 26.3 Å². The highest BCUT2D eigenvalue weighted by atomic mass is 35.5. The van der Waals surface area contributed by atoms with Gasteiger partial charge in [0.15, 0.2) is 5.06 Å². The van der Waals surface area contributed by atoms with Crippen molar-refractivity contribution in [3.63, 3.8) is 0 Å². The largest absolute Gasteiger partial charge is 0.354 e. The molecular weight excluding hydrogens is 477 g/mol. The summed E-state index contributed by atoms with van der Waals surface area (Å²) < 4.78 is 54.4. The molecule has 30 heavy (non-hydrogen) atoms. The van der Waals surface area contributed by atoms with Crippen molar-refractivity contribution in [2.24, 2.45) is 11.3 Å². The van der Waals surface area contributed by atoms with Crippen molar-refractivity contribution in [2.75, 3.05) is 7.11 Å². The molecule has 0 aliphatic heterocycles. The lowest BCUT2D eigenvalue weighted by Gasteiger charge is -2.30. The molecule has 0 aromatic heterocycles. The lowest BCUT2D eigenvalue weighted by atomic mass is 9.88. The standard InChI is InChI=1S/C21H19Cl3F2O3S/c1-29-21(24)11-17(22)14(8-18(21)23)16-10-20(6-7-20)9-15(16)12-2-4-13(5-3-12)30(27,28)19(25)26/h2-5,8,11,14,19H,6-7,9-10H2,1H3. The molecule has 3 nitrogen and oxygen atoms in total. The summed E-state index contributed by atoms with van der Waals surface area (Å²) in [6.45, 7) is 0. The van der Waals surface area contributed by atoms with Crippen molar-refractivity contribution < 1.29 is 21.9 Å². The van der Waals surface area contributed by atoms with Crippen LogP contribution in [0.5, 0.6) is 0 Å². The third-order valence-corrected chi connectivity index (χ3v) is 8.87. The predicted octanol–water partition coefficient (Wildman–Crippen LogP) is 6.47. The van der Waals surface area contributed by atoms with Crippen LogP contribution in [0.15, 0.2) is 57.0 Å². The van der Waals surface area contributed by atoms with Crippen LogP contribution in [0.4, 0.5) is 8.78 Å². The molecule has 3 aliphatic carbocycles. The molecule has 0 heterocycles. The molecule has 3 aliphatic rings. The van der Waals surface area contributed by atoms with Crippen molar-refractivity contribution in [1.29, 1.82) is 0 Å². The van der Waals surface area contributed by atoms with Gasteiger partial charge in [0.05, 0.1) is 9.93 Å². The van der Waals surface area contributed by atoms with Crippen molar-refractivity contribution in [3.8, 4) is 0 Å². The molecule has 1 fully saturated rings. The summed E-state index contributed by atoms with van der Waals surface area (Å²) >= 11 is 19.3. The van der Waals surface area contributed by atoms with E-state index in [1.807, 2.05) is 0 Å². The van der Waals surface area contributed by atoms with Gasteiger partial charge in [-0.25, -0.2) is 8.42 Å². The van der Waals surface area contributed by atoms with Gasteiger partial charge in [0, 0.05) is 18.1 Å². The summed E-state index contributed by atoms with van der Waals surface area (Å²) in [6, 6.07) is 5.63. The molecule has 2 unspecified atom stereocenters. The van der Waals surface area contributed by atoms with E-state index in [4.69, 9.17) is 39.5 Å². The van der Waals surface area contributed by atoms with Crippen LogP contribution in [0, 0.1) is 11.3 Å². The number of allylic oxidation sites excluding steroid dienone is 4. The molecule has 162 valence electrons. The monoisotopic (exact) mass is 494 g/mol. The van der Waals surface area contributed by atoms with Crippen LogP contribution in [0.1, 0.15) is 31.2 Å². The second-order valence-electron chi connectivity index (χ2n) is 8.06. The first-order valence-electron chi connectivity index (χ1n) is 9.36. The Morgan fingerprint density at radius 1 is 1.13 bits per heavy atom. The third-order valence-electron chi connectivity index (χ3n) is 6.16. The first-order valence-corrected chi connectivity index (χ1v) is 12.0. The molecular formula is C21H19Cl3F2O3S. The molecule has 2 atom stereocenters. The van der Waals surface area contributed by atoms with Crippen LogP contribution in [-0.2, 0) is 14.6 Å². The number of sulfone groups is 1. The number of hydrogen-bond donors (Lipinski definition) is 0. The number of rotatable bonds is 5. The molecule has 0 saturated heterocycles. The van der Waals surface area contributed by atoms with Crippen LogP contribution >= 0.6 is 34.8 Å². The van der Waals surface area contributed by atoms with E-state index in [9.17, 15) is 17.2 Å². The van der Waals surface area contributed by atoms with Gasteiger partial charge >= 0.3 is 5.76 Å². The normalized spacial score (nSPS) is 28.2. The minimum absolute atomic E-state index is 0.187. The number of benzene rings is 1. The molecule has 1 spiro atoms. The topological polar surface area (TPSA) is 43.4 Å². The summed E-state index contributed by atoms with van der Waals surface area (Å²) in [5.41, 5.74) is 3.12. The van der Waals surface area contributed by atoms with Crippen LogP contribution < -0.4 is 0 Å². The molecule has 9 heteroatoms. The van der Waals surface area contributed by atoms with Gasteiger partial charge in [-0.05, 0) is 60.4 Å². The fourth-order valence-corrected chi connectivity index (χ4v) is 5.79. The summed E-state index contributed by atoms with van der Waals surface area (Å²) in [4.78, 5) is -0.395. The van der Waals surface area contributed by atoms with Gasteiger partial charge in [-0.2, -0.15) is 8.78 Å². The SMILES string of the molecule is COC1(Cl)C=C(Cl)C(C2=C(c3ccc(S(=O)(=O)C(F)F)cc3)CC3(CC3)C2)C=C1Cl. The molecule has 0 radical (unpaired) electrons. The predicted molar refractivity (Wildman–Crippen MR) is 114 cm³/mol. The fraction of sp³-hybridized carbons (Fsp3) is 0.429. The summed E-state index contributed by atoms with van der Waals surface area (Å²) in [7, 11) is -3.19. The summed E-state index contributed by atoms with van der Waals surface area (Å²) in [5.74, 6) is -3.71. The Kier molecular flexibility index (Phi) is 5.64. The van der Waals surface area contributed by atoms with Gasteiger partial charge in [0.1, 0.15) is 0 Å². The van der Waals surface area contributed by atoms with E-state index < -0.39 is 25.6 Å². The third kappa shape index (κ3) is 3.75. The van der Waals surface area contributed by atoms with Crippen molar-refractivity contribution >= 4 is 50.2 Å². The van der Waals surface area contributed by atoms with E-state index in [0.717, 1.165) is 42.4 Å². The zero-order valence-electron chi connectivity index (χ0n) is 16.0. The van der Waals surface area contributed by atoms with Crippen LogP contribution in [0.25, 0.3) is 5.57 Å². The van der Waals surface area contributed by atoms with Gasteiger partial charge < -0.3 is 4.74 Å². The zero-order valence-corrected chi connectivity index (χ0v) is 19.1. The molecule has 0 N–H and O–H groups in total. The van der Waals surface area contributed by atoms with E-state index >= 15 is 0 Å². The van der Waals surface area contributed by atoms with Crippen LogP contribution in [0.2, 0.25) is 0 Å². The van der Waals surface area contributed by atoms with Gasteiger partial charge in [0.2, 0.25) is 9.84 Å². The average molecular weight is 496 g/mol. The smallest absolute Gasteiger partial charge is 0.341 e. The number of alkyl halides is 3. The zero-order chi connectivity index (χ0) is 21.9. The Morgan fingerprint density at radius 2 is 1.77 bits per heavy atom. The second kappa shape index (κ2) is 7.59. The highest BCUT2D eigenvalue weighted by Crippen LogP contribution is 2.63. The number of ether oxygens (including phenoxy) is 1. The van der Waals surface area contributed by atoms with Gasteiger partial charge in [-0.3, -0.25) is 0 Å². The molecule has 4 rings (SSSR count).